The van der Waals surface area contributed by atoms with E-state index in [0.29, 0.717) is 38.3 Å². The van der Waals surface area contributed by atoms with E-state index in [0.717, 1.165) is 11.3 Å². The van der Waals surface area contributed by atoms with Gasteiger partial charge in [0.25, 0.3) is 0 Å². The molecule has 3 N–H and O–H groups in total. The van der Waals surface area contributed by atoms with Gasteiger partial charge in [-0.1, -0.05) is 41.4 Å². The van der Waals surface area contributed by atoms with Gasteiger partial charge in [-0.25, -0.2) is 4.79 Å². The van der Waals surface area contributed by atoms with Crippen LogP contribution in [0, 0.1) is 13.8 Å². The van der Waals surface area contributed by atoms with Gasteiger partial charge >= 0.3 is 5.97 Å². The number of aromatic nitrogens is 1. The molecular weight excluding hydrogens is 451 g/mol. The predicted octanol–water partition coefficient (Wildman–Crippen LogP) is 5.83. The summed E-state index contributed by atoms with van der Waals surface area (Å²) in [5, 5.41) is 13.8. The number of carbonyl (C=O) groups excluding carboxylic acids is 1. The first kappa shape index (κ1) is 23.7. The number of carbonyl (C=O) groups is 2. The van der Waals surface area contributed by atoms with Crippen LogP contribution in [0.15, 0.2) is 42.5 Å². The highest BCUT2D eigenvalue weighted by molar-refractivity contribution is 6.35. The van der Waals surface area contributed by atoms with Crippen molar-refractivity contribution in [3.63, 3.8) is 0 Å². The number of anilines is 1. The van der Waals surface area contributed by atoms with Crippen molar-refractivity contribution in [3.8, 4) is 5.75 Å². The van der Waals surface area contributed by atoms with Gasteiger partial charge < -0.3 is 20.1 Å². The summed E-state index contributed by atoms with van der Waals surface area (Å²) in [6, 6.07) is 11.5. The normalized spacial score (nSPS) is 11.8. The summed E-state index contributed by atoms with van der Waals surface area (Å²) in [5.41, 5.74) is 3.95. The van der Waals surface area contributed by atoms with E-state index in [1.165, 1.54) is 6.92 Å². The lowest BCUT2D eigenvalue weighted by Gasteiger charge is -2.17. The topological polar surface area (TPSA) is 91.4 Å². The molecule has 0 saturated carbocycles. The second-order valence-electron chi connectivity index (χ2n) is 7.55. The molecule has 8 heteroatoms. The van der Waals surface area contributed by atoms with E-state index >= 15 is 0 Å². The average molecular weight is 475 g/mol. The van der Waals surface area contributed by atoms with Crippen LogP contribution in [-0.4, -0.2) is 27.9 Å². The first-order chi connectivity index (χ1) is 15.2. The van der Waals surface area contributed by atoms with Crippen LogP contribution in [0.5, 0.6) is 5.75 Å². The minimum atomic E-state index is -1.01. The summed E-state index contributed by atoms with van der Waals surface area (Å²) in [4.78, 5) is 27.0. The Balaban J connectivity index is 1.70. The lowest BCUT2D eigenvalue weighted by atomic mass is 10.0. The molecule has 3 rings (SSSR count). The third kappa shape index (κ3) is 5.44. The van der Waals surface area contributed by atoms with Crippen molar-refractivity contribution in [1.82, 2.24) is 4.98 Å². The molecule has 0 aliphatic heterocycles. The van der Waals surface area contributed by atoms with Gasteiger partial charge in [0.1, 0.15) is 18.4 Å². The summed E-state index contributed by atoms with van der Waals surface area (Å²) in [7, 11) is 0. The van der Waals surface area contributed by atoms with Gasteiger partial charge in [-0.05, 0) is 50.6 Å². The Morgan fingerprint density at radius 1 is 1.06 bits per heavy atom. The lowest BCUT2D eigenvalue weighted by Crippen LogP contribution is -2.32. The predicted molar refractivity (Wildman–Crippen MR) is 126 cm³/mol. The quantitative estimate of drug-likeness (QED) is 0.339. The average Bonchev–Trinajstić information content (AvgIpc) is 3.01. The van der Waals surface area contributed by atoms with Gasteiger partial charge in [0, 0.05) is 33.4 Å². The van der Waals surface area contributed by atoms with Gasteiger partial charge in [0.2, 0.25) is 0 Å². The molecule has 0 spiro atoms. The van der Waals surface area contributed by atoms with E-state index in [9.17, 15) is 14.7 Å². The molecule has 0 aliphatic rings. The Morgan fingerprint density at radius 3 is 2.25 bits per heavy atom. The number of hydrogen-bond acceptors (Lipinski definition) is 4. The molecule has 32 heavy (non-hydrogen) atoms. The summed E-state index contributed by atoms with van der Waals surface area (Å²) < 4.78 is 5.77. The number of ketones is 1. The van der Waals surface area contributed by atoms with Crippen molar-refractivity contribution in [3.05, 3.63) is 80.6 Å². The molecule has 2 aromatic carbocycles. The zero-order valence-electron chi connectivity index (χ0n) is 18.0. The van der Waals surface area contributed by atoms with Gasteiger partial charge in [-0.3, -0.25) is 4.79 Å². The molecule has 0 aliphatic carbocycles. The summed E-state index contributed by atoms with van der Waals surface area (Å²) in [6.07, 6.45) is 0.229. The second-order valence-corrected chi connectivity index (χ2v) is 8.37. The lowest BCUT2D eigenvalue weighted by molar-refractivity contribution is -0.137. The number of hydrogen-bond donors (Lipinski definition) is 3. The second kappa shape index (κ2) is 10.1. The fourth-order valence-electron chi connectivity index (χ4n) is 3.56. The zero-order valence-corrected chi connectivity index (χ0v) is 19.5. The highest BCUT2D eigenvalue weighted by Gasteiger charge is 2.23. The number of carboxylic acid groups (broad SMARTS) is 1. The van der Waals surface area contributed by atoms with E-state index in [2.05, 4.69) is 10.3 Å². The highest BCUT2D eigenvalue weighted by Crippen LogP contribution is 2.27. The monoisotopic (exact) mass is 474 g/mol. The van der Waals surface area contributed by atoms with Crippen LogP contribution in [0.3, 0.4) is 0 Å². The van der Waals surface area contributed by atoms with Crippen molar-refractivity contribution >= 4 is 40.6 Å². The molecule has 0 unspecified atom stereocenters. The maximum absolute atomic E-state index is 12.0. The summed E-state index contributed by atoms with van der Waals surface area (Å²) in [6.45, 7) is 5.28. The molecule has 168 valence electrons. The molecule has 1 heterocycles. The van der Waals surface area contributed by atoms with Crippen molar-refractivity contribution in [2.24, 2.45) is 0 Å². The Bertz CT molecular complexity index is 1120. The number of carboxylic acids is 1. The first-order valence-electron chi connectivity index (χ1n) is 10.0. The number of nitrogens with one attached hydrogen (secondary N) is 2. The van der Waals surface area contributed by atoms with Gasteiger partial charge in [-0.15, -0.1) is 0 Å². The van der Waals surface area contributed by atoms with E-state index in [-0.39, 0.29) is 18.8 Å². The molecule has 1 aromatic heterocycles. The molecule has 3 aromatic rings. The minimum Gasteiger partial charge on any atom is -0.489 e. The van der Waals surface area contributed by atoms with Crippen LogP contribution in [-0.2, 0) is 17.8 Å². The van der Waals surface area contributed by atoms with Crippen LogP contribution < -0.4 is 10.1 Å². The van der Waals surface area contributed by atoms with Crippen LogP contribution in [0.25, 0.3) is 0 Å². The number of aliphatic carboxylic acids is 1. The largest absolute Gasteiger partial charge is 0.489 e. The van der Waals surface area contributed by atoms with Crippen molar-refractivity contribution < 1.29 is 19.4 Å². The highest BCUT2D eigenvalue weighted by atomic mass is 35.5. The molecule has 0 bridgehead atoms. The van der Waals surface area contributed by atoms with Gasteiger partial charge in [0.05, 0.1) is 11.3 Å². The number of rotatable bonds is 9. The first-order valence-corrected chi connectivity index (χ1v) is 10.8. The number of halogens is 2. The van der Waals surface area contributed by atoms with E-state index in [4.69, 9.17) is 27.9 Å². The number of aromatic amines is 1. The number of ether oxygens (including phenoxy) is 1. The Morgan fingerprint density at radius 2 is 1.69 bits per heavy atom. The van der Waals surface area contributed by atoms with E-state index in [1.807, 2.05) is 12.1 Å². The Hall–Kier alpha value is -2.96. The van der Waals surface area contributed by atoms with Crippen LogP contribution >= 0.6 is 23.2 Å². The Labute approximate surface area is 196 Å². The Kier molecular flexibility index (Phi) is 7.48. The summed E-state index contributed by atoms with van der Waals surface area (Å²) >= 11 is 12.3. The van der Waals surface area contributed by atoms with Crippen LogP contribution in [0.1, 0.15) is 39.8 Å². The molecular formula is C24H24Cl2N2O4. The minimum absolute atomic E-state index is 0.126. The maximum atomic E-state index is 12.0. The van der Waals surface area contributed by atoms with Crippen molar-refractivity contribution in [2.45, 2.75) is 39.8 Å². The van der Waals surface area contributed by atoms with Crippen molar-refractivity contribution in [2.75, 3.05) is 5.32 Å². The van der Waals surface area contributed by atoms with Crippen molar-refractivity contribution in [1.29, 1.82) is 0 Å². The fourth-order valence-corrected chi connectivity index (χ4v) is 4.07. The molecule has 0 saturated heterocycles. The van der Waals surface area contributed by atoms with Crippen LogP contribution in [0.4, 0.5) is 5.69 Å². The number of aryl methyl sites for hydroxylation is 2. The number of Topliss-reactive ketones (excluding diaryl/α,β-unsaturated/α-hetero) is 1. The van der Waals surface area contributed by atoms with Gasteiger partial charge in [0.15, 0.2) is 5.78 Å². The smallest absolute Gasteiger partial charge is 0.326 e. The molecule has 6 nitrogen and oxygen atoms in total. The molecule has 0 amide bonds. The van der Waals surface area contributed by atoms with Crippen LogP contribution in [0.2, 0.25) is 10.0 Å². The maximum Gasteiger partial charge on any atom is 0.326 e. The third-order valence-electron chi connectivity index (χ3n) is 5.15. The SMILES string of the molecule is CC(=O)c1c(C)[nH]c(C)c1N[C@@H](Cc1ccc(OCc2c(Cl)cccc2Cl)cc1)C(=O)O. The fraction of sp³-hybridized carbons (Fsp3) is 0.250. The standard InChI is InChI=1S/C24H24Cl2N2O4/c1-13-22(15(3)29)23(14(2)27-13)28-21(24(30)31)11-16-7-9-17(10-8-16)32-12-18-19(25)5-4-6-20(18)26/h4-10,21,27-28H,11-12H2,1-3H3,(H,30,31)/t21-/m0/s1. The molecule has 0 radical (unpaired) electrons. The molecule has 0 fully saturated rings. The van der Waals surface area contributed by atoms with Gasteiger partial charge in [-0.2, -0.15) is 0 Å². The number of H-pyrrole nitrogens is 1. The van der Waals surface area contributed by atoms with E-state index in [1.54, 1.807) is 44.2 Å². The zero-order chi connectivity index (χ0) is 23.4. The third-order valence-corrected chi connectivity index (χ3v) is 5.86. The number of benzene rings is 2. The van der Waals surface area contributed by atoms with E-state index < -0.39 is 12.0 Å². The summed E-state index contributed by atoms with van der Waals surface area (Å²) in [5.74, 6) is -0.523. The molecule has 1 atom stereocenters.